The number of allylic oxidation sites excluding steroid dienone is 1. The van der Waals surface area contributed by atoms with Crippen LogP contribution in [0.5, 0.6) is 0 Å². The minimum Gasteiger partial charge on any atom is -0.462 e. The molecule has 5 heteroatoms. The summed E-state index contributed by atoms with van der Waals surface area (Å²) in [6, 6.07) is 11.4. The van der Waals surface area contributed by atoms with E-state index in [0.29, 0.717) is 11.5 Å². The molecular formula is C15H13NO3S. The smallest absolute Gasteiger partial charge is 0.216 e. The first-order valence-electron chi connectivity index (χ1n) is 5.93. The summed E-state index contributed by atoms with van der Waals surface area (Å²) in [7, 11) is -3.82. The number of sulfone groups is 1. The molecule has 0 N–H and O–H groups in total. The second kappa shape index (κ2) is 5.35. The SMILES string of the molecule is Cc1ccc(S(=O)(=O)C(C#N)=Cc2ccc(C)o2)cc1. The average Bonchev–Trinajstić information content (AvgIpc) is 2.82. The normalized spacial score (nSPS) is 12.2. The molecule has 4 nitrogen and oxygen atoms in total. The van der Waals surface area contributed by atoms with Gasteiger partial charge in [0.1, 0.15) is 17.6 Å². The molecular weight excluding hydrogens is 274 g/mol. The van der Waals surface area contributed by atoms with Gasteiger partial charge in [-0.25, -0.2) is 8.42 Å². The van der Waals surface area contributed by atoms with Crippen LogP contribution in [0.1, 0.15) is 17.1 Å². The number of aryl methyl sites for hydroxylation is 2. The van der Waals surface area contributed by atoms with Gasteiger partial charge in [0.25, 0.3) is 0 Å². The van der Waals surface area contributed by atoms with Crippen LogP contribution in [0.2, 0.25) is 0 Å². The standard InChI is InChI=1S/C15H13NO3S/c1-11-3-7-14(8-4-11)20(17,18)15(10-16)9-13-6-5-12(2)19-13/h3-9H,1-2H3. The number of benzene rings is 1. The second-order valence-electron chi connectivity index (χ2n) is 4.39. The third kappa shape index (κ3) is 2.81. The first-order valence-corrected chi connectivity index (χ1v) is 7.42. The molecule has 0 aliphatic heterocycles. The highest BCUT2D eigenvalue weighted by Crippen LogP contribution is 2.22. The Balaban J connectivity index is 2.48. The molecule has 0 amide bonds. The van der Waals surface area contributed by atoms with Crippen LogP contribution in [0.4, 0.5) is 0 Å². The molecule has 0 aliphatic carbocycles. The highest BCUT2D eigenvalue weighted by Gasteiger charge is 2.21. The molecule has 1 aromatic heterocycles. The van der Waals surface area contributed by atoms with Crippen molar-refractivity contribution in [2.75, 3.05) is 0 Å². The van der Waals surface area contributed by atoms with Crippen LogP contribution in [-0.2, 0) is 9.84 Å². The summed E-state index contributed by atoms with van der Waals surface area (Å²) in [6.07, 6.45) is 1.24. The summed E-state index contributed by atoms with van der Waals surface area (Å²) >= 11 is 0. The van der Waals surface area contributed by atoms with E-state index in [1.807, 2.05) is 6.92 Å². The lowest BCUT2D eigenvalue weighted by molar-refractivity contribution is 0.525. The van der Waals surface area contributed by atoms with Gasteiger partial charge in [-0.1, -0.05) is 17.7 Å². The van der Waals surface area contributed by atoms with Crippen molar-refractivity contribution in [3.05, 3.63) is 58.4 Å². The van der Waals surface area contributed by atoms with Gasteiger partial charge in [-0.2, -0.15) is 5.26 Å². The summed E-state index contributed by atoms with van der Waals surface area (Å²) in [5.74, 6) is 0.996. The molecule has 20 heavy (non-hydrogen) atoms. The van der Waals surface area contributed by atoms with Crippen LogP contribution >= 0.6 is 0 Å². The van der Waals surface area contributed by atoms with Crippen LogP contribution in [0.3, 0.4) is 0 Å². The van der Waals surface area contributed by atoms with Crippen LogP contribution in [0.25, 0.3) is 6.08 Å². The van der Waals surface area contributed by atoms with Crippen molar-refractivity contribution >= 4 is 15.9 Å². The zero-order valence-corrected chi connectivity index (χ0v) is 11.9. The van der Waals surface area contributed by atoms with Crippen LogP contribution in [0.15, 0.2) is 50.6 Å². The molecule has 0 radical (unpaired) electrons. The van der Waals surface area contributed by atoms with Gasteiger partial charge in [-0.3, -0.25) is 0 Å². The van der Waals surface area contributed by atoms with E-state index >= 15 is 0 Å². The predicted octanol–water partition coefficient (Wildman–Crippen LogP) is 3.23. The number of nitrogens with zero attached hydrogens (tertiary/aromatic N) is 1. The Morgan fingerprint density at radius 2 is 1.80 bits per heavy atom. The quantitative estimate of drug-likeness (QED) is 0.812. The Bertz CT molecular complexity index is 790. The fourth-order valence-electron chi connectivity index (χ4n) is 1.67. The molecule has 0 aliphatic rings. The van der Waals surface area contributed by atoms with Crippen molar-refractivity contribution in [3.63, 3.8) is 0 Å². The largest absolute Gasteiger partial charge is 0.462 e. The Hall–Kier alpha value is -2.32. The molecule has 0 atom stereocenters. The number of furan rings is 1. The lowest BCUT2D eigenvalue weighted by Gasteiger charge is -2.02. The summed E-state index contributed by atoms with van der Waals surface area (Å²) in [4.78, 5) is -0.241. The van der Waals surface area contributed by atoms with E-state index in [-0.39, 0.29) is 9.80 Å². The summed E-state index contributed by atoms with van der Waals surface area (Å²) in [5, 5.41) is 9.11. The number of hydrogen-bond donors (Lipinski definition) is 0. The highest BCUT2D eigenvalue weighted by molar-refractivity contribution is 7.95. The van der Waals surface area contributed by atoms with Crippen molar-refractivity contribution < 1.29 is 12.8 Å². The molecule has 0 saturated carbocycles. The zero-order valence-electron chi connectivity index (χ0n) is 11.1. The highest BCUT2D eigenvalue weighted by atomic mass is 32.2. The number of nitriles is 1. The van der Waals surface area contributed by atoms with Gasteiger partial charge in [0, 0.05) is 6.08 Å². The first-order chi connectivity index (χ1) is 9.43. The summed E-state index contributed by atoms with van der Waals surface area (Å²) in [6.45, 7) is 3.61. The summed E-state index contributed by atoms with van der Waals surface area (Å²) < 4.78 is 30.0. The Morgan fingerprint density at radius 1 is 1.15 bits per heavy atom. The van der Waals surface area contributed by atoms with E-state index in [1.165, 1.54) is 18.2 Å². The predicted molar refractivity (Wildman–Crippen MR) is 75.4 cm³/mol. The average molecular weight is 287 g/mol. The number of rotatable bonds is 3. The zero-order chi connectivity index (χ0) is 14.8. The van der Waals surface area contributed by atoms with Gasteiger partial charge in [-0.05, 0) is 38.1 Å². The van der Waals surface area contributed by atoms with Gasteiger partial charge in [0.2, 0.25) is 9.84 Å². The Labute approximate surface area is 117 Å². The monoisotopic (exact) mass is 287 g/mol. The molecule has 2 aromatic rings. The summed E-state index contributed by atoms with van der Waals surface area (Å²) in [5.41, 5.74) is 0.952. The van der Waals surface area contributed by atoms with Crippen LogP contribution in [-0.4, -0.2) is 8.42 Å². The first kappa shape index (κ1) is 14.1. The Morgan fingerprint density at radius 3 is 2.30 bits per heavy atom. The Kier molecular flexibility index (Phi) is 3.77. The molecule has 1 aromatic carbocycles. The van der Waals surface area contributed by atoms with Crippen LogP contribution < -0.4 is 0 Å². The van der Waals surface area contributed by atoms with Gasteiger partial charge in [0.05, 0.1) is 4.90 Å². The van der Waals surface area contributed by atoms with Gasteiger partial charge >= 0.3 is 0 Å². The van der Waals surface area contributed by atoms with Crippen molar-refractivity contribution in [2.45, 2.75) is 18.7 Å². The lowest BCUT2D eigenvalue weighted by Crippen LogP contribution is -2.03. The van der Waals surface area contributed by atoms with E-state index < -0.39 is 9.84 Å². The molecule has 0 saturated heterocycles. The van der Waals surface area contributed by atoms with Gasteiger partial charge < -0.3 is 4.42 Å². The fraction of sp³-hybridized carbons (Fsp3) is 0.133. The van der Waals surface area contributed by atoms with E-state index in [9.17, 15) is 8.42 Å². The van der Waals surface area contributed by atoms with E-state index in [1.54, 1.807) is 37.3 Å². The molecule has 0 spiro atoms. The third-order valence-corrected chi connectivity index (χ3v) is 4.45. The third-order valence-electron chi connectivity index (χ3n) is 2.77. The molecule has 0 unspecified atom stereocenters. The second-order valence-corrected chi connectivity index (χ2v) is 6.30. The van der Waals surface area contributed by atoms with Crippen molar-refractivity contribution in [1.82, 2.24) is 0 Å². The minimum atomic E-state index is -3.82. The maximum Gasteiger partial charge on any atom is 0.216 e. The van der Waals surface area contributed by atoms with Crippen molar-refractivity contribution in [2.24, 2.45) is 0 Å². The van der Waals surface area contributed by atoms with Crippen molar-refractivity contribution in [1.29, 1.82) is 5.26 Å². The molecule has 2 rings (SSSR count). The molecule has 1 heterocycles. The van der Waals surface area contributed by atoms with E-state index in [4.69, 9.17) is 9.68 Å². The van der Waals surface area contributed by atoms with E-state index in [0.717, 1.165) is 5.56 Å². The minimum absolute atomic E-state index is 0.0965. The maximum absolute atomic E-state index is 12.4. The molecule has 0 bridgehead atoms. The molecule has 102 valence electrons. The van der Waals surface area contributed by atoms with E-state index in [2.05, 4.69) is 0 Å². The van der Waals surface area contributed by atoms with Crippen molar-refractivity contribution in [3.8, 4) is 6.07 Å². The lowest BCUT2D eigenvalue weighted by atomic mass is 10.2. The van der Waals surface area contributed by atoms with Crippen LogP contribution in [0, 0.1) is 25.2 Å². The van der Waals surface area contributed by atoms with Gasteiger partial charge in [0.15, 0.2) is 4.91 Å². The van der Waals surface area contributed by atoms with Gasteiger partial charge in [-0.15, -0.1) is 0 Å². The fourth-order valence-corrected chi connectivity index (χ4v) is 2.81. The maximum atomic E-state index is 12.4. The molecule has 0 fully saturated rings. The topological polar surface area (TPSA) is 71.1 Å². The number of hydrogen-bond acceptors (Lipinski definition) is 4.